The average molecular weight is 305 g/mol. The van der Waals surface area contributed by atoms with Crippen LogP contribution in [0.1, 0.15) is 30.5 Å². The molecule has 114 valence electrons. The zero-order chi connectivity index (χ0) is 15.4. The molecule has 2 rings (SSSR count). The van der Waals surface area contributed by atoms with Gasteiger partial charge in [-0.1, -0.05) is 19.9 Å². The van der Waals surface area contributed by atoms with Crippen LogP contribution in [0.5, 0.6) is 0 Å². The van der Waals surface area contributed by atoms with Gasteiger partial charge in [0.15, 0.2) is 5.16 Å². The summed E-state index contributed by atoms with van der Waals surface area (Å²) in [6.45, 7) is 9.44. The fraction of sp³-hybridized carbons (Fsp3) is 0.438. The summed E-state index contributed by atoms with van der Waals surface area (Å²) >= 11 is 0. The summed E-state index contributed by atoms with van der Waals surface area (Å²) in [5, 5.41) is 4.00. The van der Waals surface area contributed by atoms with Gasteiger partial charge in [0.2, 0.25) is 0 Å². The minimum atomic E-state index is -1.15. The lowest BCUT2D eigenvalue weighted by atomic mass is 10.0. The summed E-state index contributed by atoms with van der Waals surface area (Å²) in [5.41, 5.74) is 4.62. The Balaban J connectivity index is 2.24. The molecular weight excluding hydrogens is 282 g/mol. The molecular formula is C16H23N3OS. The molecule has 0 fully saturated rings. The van der Waals surface area contributed by atoms with Crippen LogP contribution in [-0.2, 0) is 16.6 Å². The standard InChI is InChI=1S/C16H23N3OS/c1-11(2)9-19-15-8-13(4)12(3)7-14(15)10-21(20)16-17-5-6-18-16/h5-8,11,19H,9-10H2,1-4H3,(H,17,18). The largest absolute Gasteiger partial charge is 0.385 e. The molecule has 0 spiro atoms. The molecule has 0 amide bonds. The Labute approximate surface area is 128 Å². The summed E-state index contributed by atoms with van der Waals surface area (Å²) in [5.74, 6) is 1.03. The molecule has 21 heavy (non-hydrogen) atoms. The minimum absolute atomic E-state index is 0.467. The van der Waals surface area contributed by atoms with E-state index in [9.17, 15) is 4.21 Å². The molecule has 0 aliphatic heterocycles. The van der Waals surface area contributed by atoms with Gasteiger partial charge in [-0.2, -0.15) is 0 Å². The maximum Gasteiger partial charge on any atom is 0.196 e. The van der Waals surface area contributed by atoms with Crippen molar-refractivity contribution in [2.75, 3.05) is 11.9 Å². The Kier molecular flexibility index (Phi) is 5.17. The lowest BCUT2D eigenvalue weighted by molar-refractivity contribution is 0.676. The number of aryl methyl sites for hydroxylation is 2. The van der Waals surface area contributed by atoms with Crippen LogP contribution in [0.2, 0.25) is 0 Å². The molecule has 0 saturated carbocycles. The fourth-order valence-corrected chi connectivity index (χ4v) is 3.09. The van der Waals surface area contributed by atoms with Crippen LogP contribution >= 0.6 is 0 Å². The third-order valence-corrected chi connectivity index (χ3v) is 4.62. The maximum atomic E-state index is 12.4. The van der Waals surface area contributed by atoms with Crippen LogP contribution in [0.4, 0.5) is 5.69 Å². The second kappa shape index (κ2) is 6.89. The number of hydrogen-bond donors (Lipinski definition) is 2. The first-order chi connectivity index (χ1) is 9.97. The highest BCUT2D eigenvalue weighted by Crippen LogP contribution is 2.23. The van der Waals surface area contributed by atoms with Crippen molar-refractivity contribution in [1.82, 2.24) is 9.97 Å². The van der Waals surface area contributed by atoms with Gasteiger partial charge in [0, 0.05) is 24.6 Å². The lowest BCUT2D eigenvalue weighted by Gasteiger charge is -2.16. The number of anilines is 1. The number of hydrogen-bond acceptors (Lipinski definition) is 3. The molecule has 1 aromatic heterocycles. The van der Waals surface area contributed by atoms with Crippen molar-refractivity contribution in [3.8, 4) is 0 Å². The number of rotatable bonds is 6. The number of H-pyrrole nitrogens is 1. The summed E-state index contributed by atoms with van der Waals surface area (Å²) in [7, 11) is -1.15. The number of imidazole rings is 1. The van der Waals surface area contributed by atoms with Crippen molar-refractivity contribution in [1.29, 1.82) is 0 Å². The van der Waals surface area contributed by atoms with Gasteiger partial charge in [-0.25, -0.2) is 4.98 Å². The third kappa shape index (κ3) is 4.17. The van der Waals surface area contributed by atoms with Gasteiger partial charge in [-0.05, 0) is 42.5 Å². The van der Waals surface area contributed by atoms with E-state index < -0.39 is 10.8 Å². The number of nitrogens with one attached hydrogen (secondary N) is 2. The molecule has 0 aliphatic carbocycles. The van der Waals surface area contributed by atoms with Crippen LogP contribution in [0.25, 0.3) is 0 Å². The Bertz CT molecular complexity index is 621. The Morgan fingerprint density at radius 3 is 2.62 bits per heavy atom. The van der Waals surface area contributed by atoms with E-state index in [-0.39, 0.29) is 0 Å². The van der Waals surface area contributed by atoms with Gasteiger partial charge in [0.1, 0.15) is 0 Å². The molecule has 0 saturated heterocycles. The van der Waals surface area contributed by atoms with Crippen LogP contribution in [0.15, 0.2) is 29.7 Å². The number of benzene rings is 1. The van der Waals surface area contributed by atoms with Gasteiger partial charge in [0.05, 0.1) is 16.6 Å². The Hall–Kier alpha value is -1.62. The lowest BCUT2D eigenvalue weighted by Crippen LogP contribution is -2.11. The van der Waals surface area contributed by atoms with Crippen molar-refractivity contribution in [2.24, 2.45) is 5.92 Å². The van der Waals surface area contributed by atoms with Crippen molar-refractivity contribution in [2.45, 2.75) is 38.6 Å². The first kappa shape index (κ1) is 15.8. The average Bonchev–Trinajstić information content (AvgIpc) is 2.95. The molecule has 2 N–H and O–H groups in total. The van der Waals surface area contributed by atoms with E-state index in [0.717, 1.165) is 17.8 Å². The van der Waals surface area contributed by atoms with E-state index in [1.807, 2.05) is 0 Å². The topological polar surface area (TPSA) is 57.8 Å². The van der Waals surface area contributed by atoms with Gasteiger partial charge >= 0.3 is 0 Å². The van der Waals surface area contributed by atoms with E-state index in [0.29, 0.717) is 16.8 Å². The number of nitrogens with zero attached hydrogens (tertiary/aromatic N) is 1. The highest BCUT2D eigenvalue weighted by Gasteiger charge is 2.12. The van der Waals surface area contributed by atoms with Crippen molar-refractivity contribution < 1.29 is 4.21 Å². The highest BCUT2D eigenvalue weighted by molar-refractivity contribution is 7.84. The SMILES string of the molecule is Cc1cc(CS(=O)c2ncc[nH]2)c(NCC(C)C)cc1C. The van der Waals surface area contributed by atoms with Crippen LogP contribution < -0.4 is 5.32 Å². The molecule has 0 aliphatic rings. The molecule has 1 unspecified atom stereocenters. The van der Waals surface area contributed by atoms with Gasteiger partial charge in [-0.3, -0.25) is 4.21 Å². The summed E-state index contributed by atoms with van der Waals surface area (Å²) in [6, 6.07) is 4.27. The Morgan fingerprint density at radius 2 is 2.00 bits per heavy atom. The minimum Gasteiger partial charge on any atom is -0.385 e. The molecule has 0 bridgehead atoms. The quantitative estimate of drug-likeness (QED) is 0.860. The number of aromatic nitrogens is 2. The van der Waals surface area contributed by atoms with Crippen LogP contribution in [0.3, 0.4) is 0 Å². The summed E-state index contributed by atoms with van der Waals surface area (Å²) < 4.78 is 12.4. The van der Waals surface area contributed by atoms with E-state index in [1.54, 1.807) is 12.4 Å². The smallest absolute Gasteiger partial charge is 0.196 e. The monoisotopic (exact) mass is 305 g/mol. The predicted octanol–water partition coefficient (Wildman–Crippen LogP) is 3.40. The molecule has 1 atom stereocenters. The zero-order valence-electron chi connectivity index (χ0n) is 13.1. The molecule has 1 heterocycles. The highest BCUT2D eigenvalue weighted by atomic mass is 32.2. The maximum absolute atomic E-state index is 12.4. The van der Waals surface area contributed by atoms with E-state index in [2.05, 4.69) is 55.1 Å². The predicted molar refractivity (Wildman–Crippen MR) is 87.9 cm³/mol. The molecule has 4 nitrogen and oxygen atoms in total. The normalized spacial score (nSPS) is 12.6. The van der Waals surface area contributed by atoms with Crippen LogP contribution in [-0.4, -0.2) is 20.7 Å². The third-order valence-electron chi connectivity index (χ3n) is 3.40. The molecule has 5 heteroatoms. The van der Waals surface area contributed by atoms with E-state index >= 15 is 0 Å². The molecule has 1 aromatic carbocycles. The first-order valence-corrected chi connectivity index (χ1v) is 8.51. The first-order valence-electron chi connectivity index (χ1n) is 7.19. The number of aromatic amines is 1. The molecule has 2 aromatic rings. The van der Waals surface area contributed by atoms with Gasteiger partial charge in [0.25, 0.3) is 0 Å². The van der Waals surface area contributed by atoms with E-state index in [1.165, 1.54) is 11.1 Å². The van der Waals surface area contributed by atoms with E-state index in [4.69, 9.17) is 0 Å². The molecule has 0 radical (unpaired) electrons. The summed E-state index contributed by atoms with van der Waals surface area (Å²) in [6.07, 6.45) is 3.33. The van der Waals surface area contributed by atoms with Gasteiger partial charge in [-0.15, -0.1) is 0 Å². The second-order valence-corrected chi connectivity index (χ2v) is 7.12. The Morgan fingerprint density at radius 1 is 1.29 bits per heavy atom. The van der Waals surface area contributed by atoms with Crippen molar-refractivity contribution in [3.63, 3.8) is 0 Å². The zero-order valence-corrected chi connectivity index (χ0v) is 13.9. The van der Waals surface area contributed by atoms with Crippen LogP contribution in [0, 0.1) is 19.8 Å². The fourth-order valence-electron chi connectivity index (χ4n) is 2.06. The van der Waals surface area contributed by atoms with Crippen molar-refractivity contribution >= 4 is 16.5 Å². The second-order valence-electron chi connectivity index (χ2n) is 5.75. The summed E-state index contributed by atoms with van der Waals surface area (Å²) in [4.78, 5) is 7.00. The van der Waals surface area contributed by atoms with Crippen molar-refractivity contribution in [3.05, 3.63) is 41.2 Å². The van der Waals surface area contributed by atoms with Gasteiger partial charge < -0.3 is 10.3 Å².